The maximum atomic E-state index is 13.5. The molecular weight excluding hydrogens is 457 g/mol. The highest BCUT2D eigenvalue weighted by Crippen LogP contribution is 2.34. The van der Waals surface area contributed by atoms with Gasteiger partial charge >= 0.3 is 12.1 Å². The van der Waals surface area contributed by atoms with Gasteiger partial charge in [-0.05, 0) is 30.3 Å². The first kappa shape index (κ1) is 24.1. The second-order valence-corrected chi connectivity index (χ2v) is 7.58. The Bertz CT molecular complexity index is 1110. The van der Waals surface area contributed by atoms with Crippen LogP contribution in [0, 0.1) is 0 Å². The van der Waals surface area contributed by atoms with Crippen LogP contribution < -0.4 is 14.9 Å². The van der Waals surface area contributed by atoms with E-state index in [1.165, 1.54) is 31.2 Å². The summed E-state index contributed by atoms with van der Waals surface area (Å²) in [5, 5.41) is 5.60. The first-order chi connectivity index (χ1) is 15.7. The lowest BCUT2D eigenvalue weighted by Crippen LogP contribution is -2.16. The molecule has 0 saturated carbocycles. The van der Waals surface area contributed by atoms with Crippen LogP contribution in [0.4, 0.5) is 36.4 Å². The smallest absolute Gasteiger partial charge is 0.421 e. The molecule has 0 bridgehead atoms. The van der Waals surface area contributed by atoms with Gasteiger partial charge in [0.05, 0.1) is 12.7 Å². The van der Waals surface area contributed by atoms with Crippen molar-refractivity contribution in [3.05, 3.63) is 65.5 Å². The number of nitrogens with zero attached hydrogens (tertiary/aromatic N) is 4. The third-order valence-corrected chi connectivity index (χ3v) is 5.26. The summed E-state index contributed by atoms with van der Waals surface area (Å²) in [5.41, 5.74) is 0.539. The number of ether oxygens (including phenoxy) is 1. The minimum atomic E-state index is -4.64. The number of rotatable bonds is 8. The standard InChI is InChI=1S/C21H21F3N6O2S/c1-30(33-3)18-14(5-4-10-25-18)11-26-17-16(21(22,23)24)12-27-20(29-17)28-15-8-6-13(7-9-15)19(31)32-2/h4-10,12H,11H2,1-3H3,(H2,26,27,28,29). The molecule has 8 nitrogen and oxygen atoms in total. The molecule has 0 radical (unpaired) electrons. The lowest BCUT2D eigenvalue weighted by Gasteiger charge is -2.19. The van der Waals surface area contributed by atoms with Gasteiger partial charge in [0, 0.05) is 43.5 Å². The van der Waals surface area contributed by atoms with Crippen molar-refractivity contribution in [3.63, 3.8) is 0 Å². The molecule has 0 saturated heterocycles. The molecule has 2 aromatic heterocycles. The molecule has 33 heavy (non-hydrogen) atoms. The average molecular weight is 479 g/mol. The van der Waals surface area contributed by atoms with Crippen LogP contribution in [-0.2, 0) is 17.5 Å². The van der Waals surface area contributed by atoms with Gasteiger partial charge in [0.25, 0.3) is 0 Å². The van der Waals surface area contributed by atoms with E-state index in [1.807, 2.05) is 17.6 Å². The van der Waals surface area contributed by atoms with Crippen LogP contribution in [-0.4, -0.2) is 41.3 Å². The lowest BCUT2D eigenvalue weighted by molar-refractivity contribution is -0.137. The molecule has 1 aromatic carbocycles. The summed E-state index contributed by atoms with van der Waals surface area (Å²) in [6.45, 7) is 0.0709. The number of halogens is 3. The van der Waals surface area contributed by atoms with Crippen molar-refractivity contribution in [3.8, 4) is 0 Å². The largest absolute Gasteiger partial charge is 0.465 e. The van der Waals surface area contributed by atoms with Gasteiger partial charge in [0.2, 0.25) is 5.95 Å². The minimum absolute atomic E-state index is 0.0380. The average Bonchev–Trinajstić information content (AvgIpc) is 2.81. The second kappa shape index (κ2) is 10.4. The van der Waals surface area contributed by atoms with E-state index in [2.05, 4.69) is 30.3 Å². The topological polar surface area (TPSA) is 92.3 Å². The highest BCUT2D eigenvalue weighted by Gasteiger charge is 2.35. The van der Waals surface area contributed by atoms with Crippen LogP contribution in [0.5, 0.6) is 0 Å². The zero-order chi connectivity index (χ0) is 24.0. The highest BCUT2D eigenvalue weighted by atomic mass is 32.2. The van der Waals surface area contributed by atoms with Gasteiger partial charge in [-0.15, -0.1) is 0 Å². The molecule has 3 aromatic rings. The van der Waals surface area contributed by atoms with Crippen molar-refractivity contribution < 1.29 is 22.7 Å². The molecule has 0 aliphatic rings. The fourth-order valence-electron chi connectivity index (χ4n) is 2.84. The van der Waals surface area contributed by atoms with Crippen LogP contribution in [0.15, 0.2) is 48.8 Å². The fraction of sp³-hybridized carbons (Fsp3) is 0.238. The van der Waals surface area contributed by atoms with Crippen molar-refractivity contribution in [2.24, 2.45) is 0 Å². The molecule has 174 valence electrons. The number of carbonyl (C=O) groups excluding carboxylic acids is 1. The molecule has 0 aliphatic heterocycles. The number of aromatic nitrogens is 3. The number of alkyl halides is 3. The number of esters is 1. The Morgan fingerprint density at radius 1 is 1.18 bits per heavy atom. The molecule has 12 heteroatoms. The molecular formula is C21H21F3N6O2S. The normalized spacial score (nSPS) is 11.1. The van der Waals surface area contributed by atoms with Crippen LogP contribution >= 0.6 is 11.9 Å². The Morgan fingerprint density at radius 3 is 2.55 bits per heavy atom. The van der Waals surface area contributed by atoms with E-state index in [1.54, 1.807) is 30.5 Å². The van der Waals surface area contributed by atoms with Crippen LogP contribution in [0.25, 0.3) is 0 Å². The summed E-state index contributed by atoms with van der Waals surface area (Å²) in [6.07, 6.45) is -0.436. The van der Waals surface area contributed by atoms with E-state index in [0.717, 1.165) is 6.20 Å². The third-order valence-electron chi connectivity index (χ3n) is 4.54. The highest BCUT2D eigenvalue weighted by molar-refractivity contribution is 7.99. The molecule has 0 atom stereocenters. The van der Waals surface area contributed by atoms with Gasteiger partial charge in [0.15, 0.2) is 0 Å². The molecule has 0 unspecified atom stereocenters. The number of nitrogens with one attached hydrogen (secondary N) is 2. The van der Waals surface area contributed by atoms with Crippen molar-refractivity contribution >= 4 is 41.2 Å². The predicted molar refractivity (Wildman–Crippen MR) is 122 cm³/mol. The Morgan fingerprint density at radius 2 is 1.91 bits per heavy atom. The first-order valence-electron chi connectivity index (χ1n) is 9.58. The summed E-state index contributed by atoms with van der Waals surface area (Å²) >= 11 is 1.43. The fourth-order valence-corrected chi connectivity index (χ4v) is 3.18. The van der Waals surface area contributed by atoms with Gasteiger partial charge in [-0.2, -0.15) is 18.2 Å². The molecule has 0 spiro atoms. The number of hydrogen-bond acceptors (Lipinski definition) is 9. The quantitative estimate of drug-likeness (QED) is 0.352. The number of hydrogen-bond donors (Lipinski definition) is 2. The number of carbonyl (C=O) groups is 1. The van der Waals surface area contributed by atoms with Crippen molar-refractivity contribution in [2.45, 2.75) is 12.7 Å². The van der Waals surface area contributed by atoms with E-state index in [-0.39, 0.29) is 18.3 Å². The lowest BCUT2D eigenvalue weighted by atomic mass is 10.2. The predicted octanol–water partition coefficient (Wildman–Crippen LogP) is 4.75. The summed E-state index contributed by atoms with van der Waals surface area (Å²) < 4.78 is 47.1. The monoisotopic (exact) mass is 478 g/mol. The van der Waals surface area contributed by atoms with E-state index in [0.29, 0.717) is 22.6 Å². The Labute approximate surface area is 192 Å². The van der Waals surface area contributed by atoms with Gasteiger partial charge < -0.3 is 19.7 Å². The zero-order valence-electron chi connectivity index (χ0n) is 18.0. The van der Waals surface area contributed by atoms with Crippen molar-refractivity contribution in [1.82, 2.24) is 15.0 Å². The van der Waals surface area contributed by atoms with E-state index in [4.69, 9.17) is 0 Å². The second-order valence-electron chi connectivity index (χ2n) is 6.67. The molecule has 2 heterocycles. The van der Waals surface area contributed by atoms with Gasteiger partial charge in [-0.3, -0.25) is 0 Å². The Kier molecular flexibility index (Phi) is 7.59. The SMILES string of the molecule is COC(=O)c1ccc(Nc2ncc(C(F)(F)F)c(NCc3cccnc3N(C)SC)n2)cc1. The third kappa shape index (κ3) is 6.04. The molecule has 3 rings (SSSR count). The number of pyridine rings is 1. The van der Waals surface area contributed by atoms with E-state index >= 15 is 0 Å². The van der Waals surface area contributed by atoms with Gasteiger partial charge in [-0.1, -0.05) is 18.0 Å². The Hall–Kier alpha value is -3.54. The van der Waals surface area contributed by atoms with Crippen LogP contribution in [0.3, 0.4) is 0 Å². The molecule has 0 aliphatic carbocycles. The summed E-state index contributed by atoms with van der Waals surface area (Å²) in [7, 11) is 3.09. The molecule has 0 fully saturated rings. The first-order valence-corrected chi connectivity index (χ1v) is 10.8. The summed E-state index contributed by atoms with van der Waals surface area (Å²) in [5.74, 6) is -0.276. The maximum Gasteiger partial charge on any atom is 0.421 e. The summed E-state index contributed by atoms with van der Waals surface area (Å²) in [4.78, 5) is 23.7. The Balaban J connectivity index is 1.85. The van der Waals surface area contributed by atoms with Crippen molar-refractivity contribution in [1.29, 1.82) is 0 Å². The number of benzene rings is 1. The molecule has 0 amide bonds. The van der Waals surface area contributed by atoms with E-state index in [9.17, 15) is 18.0 Å². The summed E-state index contributed by atoms with van der Waals surface area (Å²) in [6, 6.07) is 9.66. The number of methoxy groups -OCH3 is 1. The minimum Gasteiger partial charge on any atom is -0.465 e. The maximum absolute atomic E-state index is 13.5. The zero-order valence-corrected chi connectivity index (χ0v) is 18.8. The van der Waals surface area contributed by atoms with Gasteiger partial charge in [-0.25, -0.2) is 14.8 Å². The van der Waals surface area contributed by atoms with Crippen LogP contribution in [0.2, 0.25) is 0 Å². The number of anilines is 4. The van der Waals surface area contributed by atoms with Crippen molar-refractivity contribution in [2.75, 3.05) is 35.4 Å². The van der Waals surface area contributed by atoms with Gasteiger partial charge in [0.1, 0.15) is 17.2 Å². The van der Waals surface area contributed by atoms with Crippen LogP contribution in [0.1, 0.15) is 21.5 Å². The molecule has 2 N–H and O–H groups in total. The van der Waals surface area contributed by atoms with E-state index < -0.39 is 17.7 Å².